The van der Waals surface area contributed by atoms with E-state index in [1.54, 1.807) is 14.1 Å². The number of carbonyl (C=O) groups is 1. The monoisotopic (exact) mass is 278 g/mol. The first kappa shape index (κ1) is 16.5. The van der Waals surface area contributed by atoms with E-state index in [0.717, 1.165) is 24.4 Å². The molecular formula is C16H26N2O2. The Kier molecular flexibility index (Phi) is 6.52. The molecule has 1 N–H and O–H groups in total. The molecule has 0 bridgehead atoms. The molecule has 0 spiro atoms. The maximum Gasteiger partial charge on any atom is 0.259 e. The lowest BCUT2D eigenvalue weighted by Crippen LogP contribution is -2.28. The molecule has 1 rings (SSSR count). The van der Waals surface area contributed by atoms with Gasteiger partial charge in [0, 0.05) is 26.2 Å². The van der Waals surface area contributed by atoms with Crippen LogP contribution in [0.1, 0.15) is 25.0 Å². The highest BCUT2D eigenvalue weighted by atomic mass is 16.5. The predicted octanol–water partition coefficient (Wildman–Crippen LogP) is 2.21. The normalized spacial score (nSPS) is 10.7. The Labute approximate surface area is 122 Å². The minimum absolute atomic E-state index is 0.0355. The molecule has 0 aliphatic rings. The number of benzene rings is 1. The molecule has 20 heavy (non-hydrogen) atoms. The van der Waals surface area contributed by atoms with Crippen LogP contribution in [0.25, 0.3) is 0 Å². The smallest absolute Gasteiger partial charge is 0.259 e. The summed E-state index contributed by atoms with van der Waals surface area (Å²) in [6, 6.07) is 6.04. The number of ether oxygens (including phenoxy) is 1. The van der Waals surface area contributed by atoms with Crippen molar-refractivity contribution >= 4 is 5.91 Å². The number of hydrogen-bond donors (Lipinski definition) is 1. The van der Waals surface area contributed by atoms with Gasteiger partial charge in [-0.15, -0.1) is 0 Å². The molecule has 4 nitrogen and oxygen atoms in total. The molecule has 0 radical (unpaired) electrons. The van der Waals surface area contributed by atoms with Crippen molar-refractivity contribution in [2.24, 2.45) is 5.92 Å². The molecule has 1 aromatic carbocycles. The molecule has 0 saturated carbocycles. The zero-order chi connectivity index (χ0) is 15.1. The van der Waals surface area contributed by atoms with Gasteiger partial charge in [0.2, 0.25) is 0 Å². The van der Waals surface area contributed by atoms with Gasteiger partial charge < -0.3 is 15.0 Å². The minimum Gasteiger partial charge on any atom is -0.483 e. The molecule has 0 aliphatic carbocycles. The molecular weight excluding hydrogens is 252 g/mol. The maximum absolute atomic E-state index is 11.6. The van der Waals surface area contributed by atoms with Gasteiger partial charge in [0.05, 0.1) is 0 Å². The molecule has 0 aliphatic heterocycles. The summed E-state index contributed by atoms with van der Waals surface area (Å²) in [6.45, 7) is 8.20. The molecule has 0 saturated heterocycles. The van der Waals surface area contributed by atoms with Crippen molar-refractivity contribution in [3.05, 3.63) is 29.3 Å². The van der Waals surface area contributed by atoms with Crippen LogP contribution in [-0.4, -0.2) is 38.1 Å². The lowest BCUT2D eigenvalue weighted by Gasteiger charge is -2.15. The van der Waals surface area contributed by atoms with E-state index in [4.69, 9.17) is 4.74 Å². The van der Waals surface area contributed by atoms with Crippen LogP contribution < -0.4 is 10.1 Å². The molecule has 0 unspecified atom stereocenters. The first-order chi connectivity index (χ1) is 9.40. The molecule has 1 aromatic rings. The number of likely N-dealkylation sites (N-methyl/N-ethyl adjacent to an activating group) is 1. The zero-order valence-electron chi connectivity index (χ0n) is 13.2. The number of carbonyl (C=O) groups excluding carboxylic acids is 1. The Balaban J connectivity index is 2.67. The second kappa shape index (κ2) is 7.90. The van der Waals surface area contributed by atoms with Crippen molar-refractivity contribution in [1.82, 2.24) is 10.2 Å². The van der Waals surface area contributed by atoms with E-state index in [0.29, 0.717) is 5.92 Å². The van der Waals surface area contributed by atoms with Gasteiger partial charge in [0.15, 0.2) is 6.61 Å². The van der Waals surface area contributed by atoms with Crippen molar-refractivity contribution in [2.75, 3.05) is 27.2 Å². The van der Waals surface area contributed by atoms with Crippen LogP contribution in [0.2, 0.25) is 0 Å². The van der Waals surface area contributed by atoms with Crippen LogP contribution in [0.5, 0.6) is 5.75 Å². The minimum atomic E-state index is -0.0355. The van der Waals surface area contributed by atoms with E-state index >= 15 is 0 Å². The fourth-order valence-corrected chi connectivity index (χ4v) is 1.75. The summed E-state index contributed by atoms with van der Waals surface area (Å²) in [6.07, 6.45) is 0. The molecule has 0 fully saturated rings. The molecule has 1 amide bonds. The molecule has 0 heterocycles. The van der Waals surface area contributed by atoms with Crippen molar-refractivity contribution in [3.63, 3.8) is 0 Å². The number of aryl methyl sites for hydroxylation is 1. The third-order valence-corrected chi connectivity index (χ3v) is 2.93. The standard InChI is InChI=1S/C16H26N2O2/c1-12(2)9-17-10-14-8-13(3)6-7-15(14)20-11-16(19)18(4)5/h6-8,12,17H,9-11H2,1-5H3. The van der Waals surface area contributed by atoms with Gasteiger partial charge >= 0.3 is 0 Å². The van der Waals surface area contributed by atoms with Crippen LogP contribution in [0.15, 0.2) is 18.2 Å². The topological polar surface area (TPSA) is 41.6 Å². The van der Waals surface area contributed by atoms with Gasteiger partial charge in [-0.05, 0) is 25.5 Å². The summed E-state index contributed by atoms with van der Waals surface area (Å²) >= 11 is 0. The maximum atomic E-state index is 11.6. The number of nitrogens with one attached hydrogen (secondary N) is 1. The van der Waals surface area contributed by atoms with Crippen LogP contribution in [0, 0.1) is 12.8 Å². The highest BCUT2D eigenvalue weighted by Crippen LogP contribution is 2.20. The molecule has 4 heteroatoms. The van der Waals surface area contributed by atoms with Gasteiger partial charge in [0.25, 0.3) is 5.91 Å². The Morgan fingerprint density at radius 1 is 1.35 bits per heavy atom. The second-order valence-electron chi connectivity index (χ2n) is 5.71. The van der Waals surface area contributed by atoms with Crippen molar-refractivity contribution in [2.45, 2.75) is 27.3 Å². The van der Waals surface area contributed by atoms with E-state index in [1.165, 1.54) is 10.5 Å². The summed E-state index contributed by atoms with van der Waals surface area (Å²) in [5.41, 5.74) is 2.29. The van der Waals surface area contributed by atoms with Crippen LogP contribution in [-0.2, 0) is 11.3 Å². The van der Waals surface area contributed by atoms with E-state index in [9.17, 15) is 4.79 Å². The number of rotatable bonds is 7. The fraction of sp³-hybridized carbons (Fsp3) is 0.562. The van der Waals surface area contributed by atoms with Gasteiger partial charge in [0.1, 0.15) is 5.75 Å². The van der Waals surface area contributed by atoms with Crippen LogP contribution in [0.3, 0.4) is 0 Å². The van der Waals surface area contributed by atoms with Crippen molar-refractivity contribution < 1.29 is 9.53 Å². The Bertz CT molecular complexity index is 442. The van der Waals surface area contributed by atoms with Gasteiger partial charge in [-0.1, -0.05) is 31.5 Å². The zero-order valence-corrected chi connectivity index (χ0v) is 13.2. The Morgan fingerprint density at radius 2 is 2.05 bits per heavy atom. The summed E-state index contributed by atoms with van der Waals surface area (Å²) in [7, 11) is 3.46. The first-order valence-corrected chi connectivity index (χ1v) is 7.03. The van der Waals surface area contributed by atoms with Gasteiger partial charge in [-0.25, -0.2) is 0 Å². The fourth-order valence-electron chi connectivity index (χ4n) is 1.75. The lowest BCUT2D eigenvalue weighted by molar-refractivity contribution is -0.130. The van der Waals surface area contributed by atoms with Crippen molar-refractivity contribution in [1.29, 1.82) is 0 Å². The third-order valence-electron chi connectivity index (χ3n) is 2.93. The Morgan fingerprint density at radius 3 is 2.65 bits per heavy atom. The van der Waals surface area contributed by atoms with Crippen LogP contribution >= 0.6 is 0 Å². The summed E-state index contributed by atoms with van der Waals surface area (Å²) < 4.78 is 5.64. The number of nitrogens with zero attached hydrogens (tertiary/aromatic N) is 1. The quantitative estimate of drug-likeness (QED) is 0.831. The summed E-state index contributed by atoms with van der Waals surface area (Å²) in [4.78, 5) is 13.1. The van der Waals surface area contributed by atoms with Crippen molar-refractivity contribution in [3.8, 4) is 5.75 Å². The third kappa shape index (κ3) is 5.61. The molecule has 0 aromatic heterocycles. The van der Waals surface area contributed by atoms with E-state index < -0.39 is 0 Å². The predicted molar refractivity (Wildman–Crippen MR) is 81.9 cm³/mol. The SMILES string of the molecule is Cc1ccc(OCC(=O)N(C)C)c(CNCC(C)C)c1. The molecule has 112 valence electrons. The first-order valence-electron chi connectivity index (χ1n) is 7.03. The number of amides is 1. The van der Waals surface area contributed by atoms with Gasteiger partial charge in [-0.2, -0.15) is 0 Å². The number of hydrogen-bond acceptors (Lipinski definition) is 3. The average Bonchev–Trinajstić information content (AvgIpc) is 2.36. The summed E-state index contributed by atoms with van der Waals surface area (Å²) in [5.74, 6) is 1.35. The molecule has 0 atom stereocenters. The highest BCUT2D eigenvalue weighted by Gasteiger charge is 2.09. The summed E-state index contributed by atoms with van der Waals surface area (Å²) in [5, 5.41) is 3.40. The largest absolute Gasteiger partial charge is 0.483 e. The van der Waals surface area contributed by atoms with E-state index in [1.807, 2.05) is 12.1 Å². The van der Waals surface area contributed by atoms with Crippen LogP contribution in [0.4, 0.5) is 0 Å². The Hall–Kier alpha value is -1.55. The van der Waals surface area contributed by atoms with Gasteiger partial charge in [-0.3, -0.25) is 4.79 Å². The highest BCUT2D eigenvalue weighted by molar-refractivity contribution is 5.77. The van der Waals surface area contributed by atoms with E-state index in [2.05, 4.69) is 32.2 Å². The average molecular weight is 278 g/mol. The lowest BCUT2D eigenvalue weighted by atomic mass is 10.1. The second-order valence-corrected chi connectivity index (χ2v) is 5.71. The van der Waals surface area contributed by atoms with E-state index in [-0.39, 0.29) is 12.5 Å².